The predicted octanol–water partition coefficient (Wildman–Crippen LogP) is 18.0. The molecule has 0 saturated heterocycles. The minimum absolute atomic E-state index is 0.231. The van der Waals surface area contributed by atoms with E-state index in [4.69, 9.17) is 4.42 Å². The van der Waals surface area contributed by atoms with Crippen LogP contribution < -0.4 is 4.90 Å². The number of hydrogen-bond donors (Lipinski definition) is 0. The number of nitrogens with zero attached hydrogens (tertiary/aromatic N) is 3. The molecule has 13 aromatic rings. The van der Waals surface area contributed by atoms with Crippen molar-refractivity contribution in [3.05, 3.63) is 260 Å². The van der Waals surface area contributed by atoms with Crippen LogP contribution in [0.1, 0.15) is 23.5 Å². The average Bonchev–Trinajstić information content (AvgIpc) is 4.16. The van der Waals surface area contributed by atoms with Crippen molar-refractivity contribution in [1.82, 2.24) is 8.97 Å². The van der Waals surface area contributed by atoms with E-state index in [-0.39, 0.29) is 5.92 Å². The first-order valence-electron chi connectivity index (χ1n) is 24.1. The van der Waals surface area contributed by atoms with Crippen molar-refractivity contribution in [1.29, 1.82) is 0 Å². The maximum Gasteiger partial charge on any atom is 0.136 e. The third-order valence-electron chi connectivity index (χ3n) is 14.6. The highest BCUT2D eigenvalue weighted by atomic mass is 16.3. The van der Waals surface area contributed by atoms with Gasteiger partial charge in [0.2, 0.25) is 0 Å². The Labute approximate surface area is 404 Å². The SMILES string of the molecule is C=C/C(=C\C=C\n1c2ccccc2c2ccccc21)c1ccc(N(C2=CCC(c3cc4c5ccccc5n5c6ccccc6c(c3)c45)C=C2)c2ccc(-c3ccc4c(c3)oc3ccccc34)cc2)cc1. The van der Waals surface area contributed by atoms with Crippen LogP contribution in [0.2, 0.25) is 0 Å². The van der Waals surface area contributed by atoms with Gasteiger partial charge >= 0.3 is 0 Å². The van der Waals surface area contributed by atoms with E-state index in [0.717, 1.165) is 67.7 Å². The monoisotopic (exact) mass is 895 g/mol. The summed E-state index contributed by atoms with van der Waals surface area (Å²) >= 11 is 0. The van der Waals surface area contributed by atoms with E-state index >= 15 is 0 Å². The molecule has 0 N–H and O–H groups in total. The van der Waals surface area contributed by atoms with Gasteiger partial charge in [0.05, 0.1) is 27.6 Å². The molecule has 1 unspecified atom stereocenters. The van der Waals surface area contributed by atoms with E-state index in [9.17, 15) is 0 Å². The van der Waals surface area contributed by atoms with Gasteiger partial charge in [-0.15, -0.1) is 0 Å². The minimum Gasteiger partial charge on any atom is -0.456 e. The topological polar surface area (TPSA) is 25.7 Å². The fraction of sp³-hybridized carbons (Fsp3) is 0.0303. The van der Waals surface area contributed by atoms with E-state index in [1.807, 2.05) is 18.2 Å². The number of para-hydroxylation sites is 5. The molecule has 330 valence electrons. The van der Waals surface area contributed by atoms with Crippen molar-refractivity contribution in [2.45, 2.75) is 12.3 Å². The second-order valence-electron chi connectivity index (χ2n) is 18.5. The largest absolute Gasteiger partial charge is 0.456 e. The van der Waals surface area contributed by atoms with Gasteiger partial charge < -0.3 is 18.3 Å². The molecule has 1 aliphatic carbocycles. The second-order valence-corrected chi connectivity index (χ2v) is 18.5. The molecule has 0 saturated carbocycles. The Bertz CT molecular complexity index is 4200. The van der Waals surface area contributed by atoms with Gasteiger partial charge in [-0.3, -0.25) is 0 Å². The van der Waals surface area contributed by atoms with Crippen LogP contribution in [-0.2, 0) is 0 Å². The summed E-state index contributed by atoms with van der Waals surface area (Å²) in [5.74, 6) is 0.231. The molecule has 4 heterocycles. The summed E-state index contributed by atoms with van der Waals surface area (Å²) in [7, 11) is 0. The highest BCUT2D eigenvalue weighted by Gasteiger charge is 2.23. The van der Waals surface area contributed by atoms with Gasteiger partial charge in [-0.2, -0.15) is 0 Å². The Morgan fingerprint density at radius 2 is 1.07 bits per heavy atom. The summed E-state index contributed by atoms with van der Waals surface area (Å²) in [5.41, 5.74) is 17.1. The number of hydrogen-bond acceptors (Lipinski definition) is 2. The van der Waals surface area contributed by atoms with E-state index < -0.39 is 0 Å². The zero-order valence-corrected chi connectivity index (χ0v) is 38.3. The molecule has 0 radical (unpaired) electrons. The molecule has 0 fully saturated rings. The van der Waals surface area contributed by atoms with E-state index in [1.54, 1.807) is 0 Å². The first-order valence-corrected chi connectivity index (χ1v) is 24.1. The number of anilines is 2. The molecule has 1 atom stereocenters. The molecule has 70 heavy (non-hydrogen) atoms. The highest BCUT2D eigenvalue weighted by molar-refractivity contribution is 6.23. The van der Waals surface area contributed by atoms with Crippen LogP contribution in [0.3, 0.4) is 0 Å². The number of allylic oxidation sites excluding steroid dienone is 7. The van der Waals surface area contributed by atoms with Crippen LogP contribution in [-0.4, -0.2) is 8.97 Å². The van der Waals surface area contributed by atoms with Crippen LogP contribution in [0.15, 0.2) is 253 Å². The molecular formula is C66H45N3O. The zero-order chi connectivity index (χ0) is 46.3. The quantitative estimate of drug-likeness (QED) is 0.135. The Balaban J connectivity index is 0.814. The molecule has 1 aliphatic rings. The van der Waals surface area contributed by atoms with E-state index in [2.05, 4.69) is 245 Å². The van der Waals surface area contributed by atoms with E-state index in [1.165, 1.54) is 65.5 Å². The van der Waals surface area contributed by atoms with Crippen molar-refractivity contribution in [2.75, 3.05) is 4.90 Å². The van der Waals surface area contributed by atoms with Crippen LogP contribution in [0.4, 0.5) is 11.4 Å². The molecule has 4 aromatic heterocycles. The van der Waals surface area contributed by atoms with Crippen LogP contribution in [0.25, 0.3) is 105 Å². The molecule has 9 aromatic carbocycles. The molecule has 4 heteroatoms. The van der Waals surface area contributed by atoms with Crippen molar-refractivity contribution in [2.24, 2.45) is 0 Å². The first-order chi connectivity index (χ1) is 34.7. The van der Waals surface area contributed by atoms with Crippen molar-refractivity contribution in [3.8, 4) is 11.1 Å². The average molecular weight is 896 g/mol. The normalized spacial score (nSPS) is 14.5. The fourth-order valence-corrected chi connectivity index (χ4v) is 11.3. The van der Waals surface area contributed by atoms with Crippen molar-refractivity contribution in [3.63, 3.8) is 0 Å². The number of rotatable bonds is 9. The van der Waals surface area contributed by atoms with Gasteiger partial charge in [-0.25, -0.2) is 0 Å². The van der Waals surface area contributed by atoms with Crippen molar-refractivity contribution < 1.29 is 4.42 Å². The molecule has 4 nitrogen and oxygen atoms in total. The lowest BCUT2D eigenvalue weighted by atomic mass is 9.89. The Hall–Kier alpha value is -9.12. The Kier molecular flexibility index (Phi) is 9.15. The summed E-state index contributed by atoms with van der Waals surface area (Å²) in [6.45, 7) is 4.23. The van der Waals surface area contributed by atoms with Gasteiger partial charge in [0, 0.05) is 72.3 Å². The zero-order valence-electron chi connectivity index (χ0n) is 38.3. The maximum atomic E-state index is 6.29. The fourth-order valence-electron chi connectivity index (χ4n) is 11.3. The predicted molar refractivity (Wildman–Crippen MR) is 296 cm³/mol. The van der Waals surface area contributed by atoms with Gasteiger partial charge in [-0.05, 0) is 125 Å². The minimum atomic E-state index is 0.231. The lowest BCUT2D eigenvalue weighted by molar-refractivity contribution is 0.669. The third kappa shape index (κ3) is 6.30. The van der Waals surface area contributed by atoms with E-state index in [0.29, 0.717) is 0 Å². The van der Waals surface area contributed by atoms with Gasteiger partial charge in [0.1, 0.15) is 11.2 Å². The Morgan fingerprint density at radius 1 is 0.529 bits per heavy atom. The standard InChI is InChI=1S/C66H45N3O/c1-2-43(14-13-39-67-60-20-8-3-15-52(60)53-16-4-9-21-61(53)67)44-25-32-49(33-26-44)68(50-34-27-45(28-35-50)47-31-38-57-56-19-7-12-24-64(56)70-65(57)42-47)51-36-29-46(30-37-51)48-40-58-54-17-5-10-22-62(54)69-63-23-11-6-18-55(63)59(41-48)66(58)69/h2-29,31-42,46H,1,30H2/b39-13+,43-14+. The molecule has 0 spiro atoms. The first kappa shape index (κ1) is 40.0. The molecule has 0 aliphatic heterocycles. The summed E-state index contributed by atoms with van der Waals surface area (Å²) in [6.07, 6.45) is 16.4. The maximum absolute atomic E-state index is 6.29. The smallest absolute Gasteiger partial charge is 0.136 e. The summed E-state index contributed by atoms with van der Waals surface area (Å²) in [4.78, 5) is 2.38. The third-order valence-corrected chi connectivity index (χ3v) is 14.6. The number of furan rings is 1. The van der Waals surface area contributed by atoms with Gasteiger partial charge in [0.15, 0.2) is 0 Å². The molecular weight excluding hydrogens is 851 g/mol. The molecule has 0 bridgehead atoms. The highest BCUT2D eigenvalue weighted by Crippen LogP contribution is 2.43. The number of benzene rings is 9. The van der Waals surface area contributed by atoms with Crippen LogP contribution >= 0.6 is 0 Å². The summed E-state index contributed by atoms with van der Waals surface area (Å²) < 4.78 is 11.0. The second kappa shape index (κ2) is 16.0. The van der Waals surface area contributed by atoms with Crippen molar-refractivity contribution >= 4 is 105 Å². The number of fused-ring (bicyclic) bond motifs is 12. The van der Waals surface area contributed by atoms with Crippen LogP contribution in [0, 0.1) is 0 Å². The van der Waals surface area contributed by atoms with Gasteiger partial charge in [0.25, 0.3) is 0 Å². The summed E-state index contributed by atoms with van der Waals surface area (Å²) in [6, 6.07) is 72.3. The molecule has 14 rings (SSSR count). The number of aromatic nitrogens is 2. The van der Waals surface area contributed by atoms with Crippen LogP contribution in [0.5, 0.6) is 0 Å². The molecule has 0 amide bonds. The van der Waals surface area contributed by atoms with Gasteiger partial charge in [-0.1, -0.05) is 152 Å². The lowest BCUT2D eigenvalue weighted by Gasteiger charge is -2.29. The Morgan fingerprint density at radius 3 is 1.69 bits per heavy atom. The lowest BCUT2D eigenvalue weighted by Crippen LogP contribution is -2.17. The summed E-state index contributed by atoms with van der Waals surface area (Å²) in [5, 5.41) is 10.0.